The smallest absolute Gasteiger partial charge is 0.288 e. The summed E-state index contributed by atoms with van der Waals surface area (Å²) in [6.07, 6.45) is 3.17. The third kappa shape index (κ3) is 6.93. The molecule has 2 N–H and O–H groups in total. The number of piperidine rings is 1. The molecule has 178 valence electrons. The Balaban J connectivity index is 1.59. The molecule has 5 nitrogen and oxygen atoms in total. The Kier molecular flexibility index (Phi) is 9.11. The van der Waals surface area contributed by atoms with E-state index in [4.69, 9.17) is 0 Å². The van der Waals surface area contributed by atoms with Gasteiger partial charge < -0.3 is 15.5 Å². The lowest BCUT2D eigenvalue weighted by Gasteiger charge is -2.34. The molecule has 3 rings (SSSR count). The minimum absolute atomic E-state index is 0.0157. The van der Waals surface area contributed by atoms with Crippen molar-refractivity contribution in [1.82, 2.24) is 10.2 Å². The number of anilines is 2. The number of amides is 2. The van der Waals surface area contributed by atoms with Crippen molar-refractivity contribution in [2.75, 3.05) is 18.4 Å². The van der Waals surface area contributed by atoms with Gasteiger partial charge in [-0.2, -0.15) is 8.78 Å². The van der Waals surface area contributed by atoms with Crippen LogP contribution in [0.4, 0.5) is 20.2 Å². The summed E-state index contributed by atoms with van der Waals surface area (Å²) in [5.41, 5.74) is 1.87. The molecule has 2 aromatic carbocycles. The van der Waals surface area contributed by atoms with Crippen molar-refractivity contribution < 1.29 is 18.4 Å². The van der Waals surface area contributed by atoms with Crippen molar-refractivity contribution in [3.8, 4) is 0 Å². The Morgan fingerprint density at radius 1 is 1.03 bits per heavy atom. The quantitative estimate of drug-likeness (QED) is 0.443. The van der Waals surface area contributed by atoms with Crippen molar-refractivity contribution in [2.45, 2.75) is 56.2 Å². The van der Waals surface area contributed by atoms with Gasteiger partial charge in [0.2, 0.25) is 5.91 Å². The van der Waals surface area contributed by atoms with Gasteiger partial charge in [0, 0.05) is 35.6 Å². The molecule has 0 aliphatic carbocycles. The SMILES string of the molecule is CCC(CC)C(=O)N1CCC(NC(=O)c2ccccc2Nc2ccc(SC(F)F)cc2)CC1. The van der Waals surface area contributed by atoms with E-state index in [0.29, 0.717) is 46.7 Å². The van der Waals surface area contributed by atoms with E-state index in [1.165, 1.54) is 0 Å². The van der Waals surface area contributed by atoms with Crippen LogP contribution in [0.2, 0.25) is 0 Å². The fourth-order valence-electron chi connectivity index (χ4n) is 4.07. The van der Waals surface area contributed by atoms with Crippen LogP contribution in [0, 0.1) is 5.92 Å². The summed E-state index contributed by atoms with van der Waals surface area (Å²) in [6.45, 7) is 5.40. The molecule has 0 unspecified atom stereocenters. The van der Waals surface area contributed by atoms with Crippen LogP contribution < -0.4 is 10.6 Å². The molecule has 1 fully saturated rings. The second kappa shape index (κ2) is 12.0. The summed E-state index contributed by atoms with van der Waals surface area (Å²) in [6, 6.07) is 13.9. The molecule has 0 radical (unpaired) electrons. The fraction of sp³-hybridized carbons (Fsp3) is 0.440. The molecule has 1 aliphatic rings. The normalized spacial score (nSPS) is 14.5. The van der Waals surface area contributed by atoms with Gasteiger partial charge in [-0.25, -0.2) is 0 Å². The summed E-state index contributed by atoms with van der Waals surface area (Å²) in [7, 11) is 0. The predicted molar refractivity (Wildman–Crippen MR) is 129 cm³/mol. The highest BCUT2D eigenvalue weighted by molar-refractivity contribution is 7.99. The van der Waals surface area contributed by atoms with Gasteiger partial charge in [-0.15, -0.1) is 0 Å². The van der Waals surface area contributed by atoms with Gasteiger partial charge in [-0.1, -0.05) is 37.7 Å². The molecule has 1 saturated heterocycles. The van der Waals surface area contributed by atoms with Crippen LogP contribution in [-0.2, 0) is 4.79 Å². The Hall–Kier alpha value is -2.61. The summed E-state index contributed by atoms with van der Waals surface area (Å²) in [5, 5.41) is 6.31. The second-order valence-corrected chi connectivity index (χ2v) is 9.22. The molecule has 8 heteroatoms. The van der Waals surface area contributed by atoms with Crippen molar-refractivity contribution >= 4 is 35.0 Å². The molecule has 2 amide bonds. The number of nitrogens with zero attached hydrogens (tertiary/aromatic N) is 1. The molecular weight excluding hydrogens is 444 g/mol. The van der Waals surface area contributed by atoms with E-state index in [0.717, 1.165) is 25.7 Å². The van der Waals surface area contributed by atoms with E-state index in [1.54, 1.807) is 36.4 Å². The first-order chi connectivity index (χ1) is 15.9. The maximum Gasteiger partial charge on any atom is 0.288 e. The van der Waals surface area contributed by atoms with Gasteiger partial charge >= 0.3 is 0 Å². The molecular formula is C25H31F2N3O2S. The number of rotatable bonds is 9. The standard InChI is InChI=1S/C25H31F2N3O2S/c1-3-17(4-2)24(32)30-15-13-19(14-16-30)29-23(31)21-7-5-6-8-22(21)28-18-9-11-20(12-10-18)33-25(26)27/h5-12,17,19,25,28H,3-4,13-16H2,1-2H3,(H,29,31). The van der Waals surface area contributed by atoms with E-state index in [2.05, 4.69) is 10.6 Å². The van der Waals surface area contributed by atoms with Crippen molar-refractivity contribution in [3.05, 3.63) is 54.1 Å². The number of carbonyl (C=O) groups excluding carboxylic acids is 2. The molecule has 33 heavy (non-hydrogen) atoms. The number of hydrogen-bond acceptors (Lipinski definition) is 4. The fourth-order valence-corrected chi connectivity index (χ4v) is 4.57. The summed E-state index contributed by atoms with van der Waals surface area (Å²) in [4.78, 5) is 28.0. The number of hydrogen-bond donors (Lipinski definition) is 2. The number of thioether (sulfide) groups is 1. The number of para-hydroxylation sites is 1. The first kappa shape index (κ1) is 25.0. The second-order valence-electron chi connectivity index (χ2n) is 8.16. The van der Waals surface area contributed by atoms with Gasteiger partial charge in [0.25, 0.3) is 11.7 Å². The minimum atomic E-state index is -2.46. The van der Waals surface area contributed by atoms with Crippen LogP contribution in [-0.4, -0.2) is 41.6 Å². The van der Waals surface area contributed by atoms with E-state index in [1.807, 2.05) is 30.9 Å². The highest BCUT2D eigenvalue weighted by Crippen LogP contribution is 2.28. The first-order valence-corrected chi connectivity index (χ1v) is 12.3. The topological polar surface area (TPSA) is 61.4 Å². The van der Waals surface area contributed by atoms with Crippen LogP contribution in [0.3, 0.4) is 0 Å². The molecule has 1 aliphatic heterocycles. The third-order valence-corrected chi connectivity index (χ3v) is 6.73. The monoisotopic (exact) mass is 475 g/mol. The molecule has 0 spiro atoms. The van der Waals surface area contributed by atoms with Gasteiger partial charge in [0.1, 0.15) is 0 Å². The number of benzene rings is 2. The third-order valence-electron chi connectivity index (χ3n) is 6.01. The van der Waals surface area contributed by atoms with Gasteiger partial charge in [0.15, 0.2) is 0 Å². The van der Waals surface area contributed by atoms with Crippen molar-refractivity contribution in [1.29, 1.82) is 0 Å². The molecule has 0 saturated carbocycles. The lowest BCUT2D eigenvalue weighted by Crippen LogP contribution is -2.48. The van der Waals surface area contributed by atoms with E-state index in [9.17, 15) is 18.4 Å². The average molecular weight is 476 g/mol. The molecule has 0 atom stereocenters. The van der Waals surface area contributed by atoms with E-state index < -0.39 is 5.76 Å². The van der Waals surface area contributed by atoms with Crippen LogP contribution >= 0.6 is 11.8 Å². The predicted octanol–water partition coefficient (Wildman–Crippen LogP) is 5.90. The highest BCUT2D eigenvalue weighted by Gasteiger charge is 2.27. The number of alkyl halides is 2. The zero-order valence-corrected chi connectivity index (χ0v) is 19.8. The number of nitrogens with one attached hydrogen (secondary N) is 2. The first-order valence-electron chi connectivity index (χ1n) is 11.4. The summed E-state index contributed by atoms with van der Waals surface area (Å²) >= 11 is 0.497. The van der Waals surface area contributed by atoms with Crippen LogP contribution in [0.25, 0.3) is 0 Å². The Morgan fingerprint density at radius 2 is 1.67 bits per heavy atom. The minimum Gasteiger partial charge on any atom is -0.355 e. The maximum absolute atomic E-state index is 13.0. The van der Waals surface area contributed by atoms with Gasteiger partial charge in [0.05, 0.1) is 11.3 Å². The number of likely N-dealkylation sites (tertiary alicyclic amines) is 1. The number of halogens is 2. The number of carbonyl (C=O) groups is 2. The Morgan fingerprint density at radius 3 is 2.27 bits per heavy atom. The largest absolute Gasteiger partial charge is 0.355 e. The lowest BCUT2D eigenvalue weighted by atomic mass is 9.98. The Bertz CT molecular complexity index is 928. The zero-order valence-electron chi connectivity index (χ0n) is 19.0. The van der Waals surface area contributed by atoms with E-state index in [-0.39, 0.29) is 23.8 Å². The van der Waals surface area contributed by atoms with Gasteiger partial charge in [-0.3, -0.25) is 9.59 Å². The molecule has 2 aromatic rings. The molecule has 0 aromatic heterocycles. The highest BCUT2D eigenvalue weighted by atomic mass is 32.2. The van der Waals surface area contributed by atoms with Crippen molar-refractivity contribution in [2.24, 2.45) is 5.92 Å². The average Bonchev–Trinajstić information content (AvgIpc) is 2.81. The molecule has 1 heterocycles. The van der Waals surface area contributed by atoms with E-state index >= 15 is 0 Å². The van der Waals surface area contributed by atoms with Gasteiger partial charge in [-0.05, 0) is 62.1 Å². The van der Waals surface area contributed by atoms with Crippen LogP contribution in [0.15, 0.2) is 53.4 Å². The zero-order chi connectivity index (χ0) is 23.8. The summed E-state index contributed by atoms with van der Waals surface area (Å²) in [5.74, 6) is -2.33. The molecule has 0 bridgehead atoms. The van der Waals surface area contributed by atoms with Crippen LogP contribution in [0.1, 0.15) is 49.9 Å². The summed E-state index contributed by atoms with van der Waals surface area (Å²) < 4.78 is 25.0. The lowest BCUT2D eigenvalue weighted by molar-refractivity contribution is -0.136. The maximum atomic E-state index is 13.0. The van der Waals surface area contributed by atoms with Crippen molar-refractivity contribution in [3.63, 3.8) is 0 Å². The van der Waals surface area contributed by atoms with Crippen LogP contribution in [0.5, 0.6) is 0 Å². The Labute approximate surface area is 198 Å².